The minimum Gasteiger partial charge on any atom is -0.533 e. The number of ether oxygens (including phenoxy) is 1. The van der Waals surface area contributed by atoms with Crippen LogP contribution < -0.4 is 14.8 Å². The van der Waals surface area contributed by atoms with E-state index in [1.165, 1.54) is 10.4 Å². The van der Waals surface area contributed by atoms with Gasteiger partial charge in [-0.2, -0.15) is 0 Å². The van der Waals surface area contributed by atoms with Crippen LogP contribution >= 0.6 is 0 Å². The van der Waals surface area contributed by atoms with Crippen LogP contribution in [0.15, 0.2) is 91.0 Å². The normalized spacial score (nSPS) is 24.8. The number of rotatable bonds is 4. The van der Waals surface area contributed by atoms with E-state index in [4.69, 9.17) is 9.16 Å². The molecule has 1 aliphatic heterocycles. The molecule has 0 aromatic heterocycles. The minimum atomic E-state index is -2.93. The largest absolute Gasteiger partial charge is 0.533 e. The molecule has 0 amide bonds. The van der Waals surface area contributed by atoms with E-state index in [2.05, 4.69) is 88.4 Å². The van der Waals surface area contributed by atoms with Crippen molar-refractivity contribution in [1.82, 2.24) is 0 Å². The van der Waals surface area contributed by atoms with Crippen molar-refractivity contribution in [2.75, 3.05) is 0 Å². The molecule has 1 fully saturated rings. The van der Waals surface area contributed by atoms with Crippen molar-refractivity contribution >= 4 is 24.5 Å². The van der Waals surface area contributed by atoms with Gasteiger partial charge in [-0.1, -0.05) is 113 Å². The monoisotopic (exact) mass is 540 g/mol. The van der Waals surface area contributed by atoms with E-state index in [1.807, 2.05) is 30.3 Å². The van der Waals surface area contributed by atoms with E-state index in [0.29, 0.717) is 30.1 Å². The summed E-state index contributed by atoms with van der Waals surface area (Å²) in [6, 6.07) is 27.0. The first kappa shape index (κ1) is 27.6. The van der Waals surface area contributed by atoms with Crippen LogP contribution in [0.5, 0.6) is 5.75 Å². The van der Waals surface area contributed by atoms with Gasteiger partial charge in [0.1, 0.15) is 5.75 Å². The number of fused-ring (bicyclic) bond motifs is 3. The fourth-order valence-corrected chi connectivity index (χ4v) is 10.7. The first-order chi connectivity index (χ1) is 18.7. The molecule has 1 heterocycles. The predicted octanol–water partition coefficient (Wildman–Crippen LogP) is 6.06. The molecule has 39 heavy (non-hydrogen) atoms. The number of carbonyl (C=O) groups is 1. The fraction of sp³-hybridized carbons (Fsp3) is 0.382. The molecule has 0 spiro atoms. The molecule has 4 nitrogen and oxygen atoms in total. The van der Waals surface area contributed by atoms with Crippen LogP contribution in [0.4, 0.5) is 0 Å². The first-order valence-electron chi connectivity index (χ1n) is 14.1. The summed E-state index contributed by atoms with van der Waals surface area (Å²) in [5, 5.41) is 12.8. The minimum absolute atomic E-state index is 0.00783. The van der Waals surface area contributed by atoms with Gasteiger partial charge in [-0.05, 0) is 52.2 Å². The zero-order valence-electron chi connectivity index (χ0n) is 23.5. The Kier molecular flexibility index (Phi) is 7.95. The van der Waals surface area contributed by atoms with Gasteiger partial charge >= 0.3 is 8.32 Å². The Labute approximate surface area is 233 Å². The number of benzene rings is 3. The molecule has 3 aromatic rings. The molecule has 1 aliphatic carbocycles. The standard InChI is InChI=1S/C34H40O4Si/c1-24-14-11-12-15-25-16-13-21-30(32(25)29(35)22-26-23-31(24)37-33(26)36)38-39(34(2,3)4,27-17-7-5-8-18-27)28-19-9-6-10-20-28/h5-13,16-21,24,26,31,33,36H,14-15,22-23H2,1-4H3/b12-11-/t24-,26-,31+,33-/m1/s1. The topological polar surface area (TPSA) is 55.8 Å². The van der Waals surface area contributed by atoms with Gasteiger partial charge in [0, 0.05) is 12.3 Å². The van der Waals surface area contributed by atoms with Crippen molar-refractivity contribution < 1.29 is 19.1 Å². The van der Waals surface area contributed by atoms with Gasteiger partial charge in [-0.25, -0.2) is 0 Å². The molecule has 1 N–H and O–H groups in total. The summed E-state index contributed by atoms with van der Waals surface area (Å²) < 4.78 is 13.3. The molecule has 3 aromatic carbocycles. The van der Waals surface area contributed by atoms with Gasteiger partial charge in [0.15, 0.2) is 12.1 Å². The lowest BCUT2D eigenvalue weighted by atomic mass is 9.87. The summed E-state index contributed by atoms with van der Waals surface area (Å²) in [6.45, 7) is 8.88. The molecular weight excluding hydrogens is 500 g/mol. The summed E-state index contributed by atoms with van der Waals surface area (Å²) in [4.78, 5) is 14.1. The molecular formula is C34H40O4Si. The molecule has 0 saturated carbocycles. The average molecular weight is 541 g/mol. The Balaban J connectivity index is 1.66. The van der Waals surface area contributed by atoms with Crippen molar-refractivity contribution in [3.05, 3.63) is 102 Å². The van der Waals surface area contributed by atoms with Crippen LogP contribution in [0.1, 0.15) is 62.9 Å². The van der Waals surface area contributed by atoms with Crippen LogP contribution in [0, 0.1) is 11.8 Å². The second kappa shape index (κ2) is 11.2. The van der Waals surface area contributed by atoms with E-state index in [0.717, 1.165) is 12.0 Å². The van der Waals surface area contributed by atoms with Crippen LogP contribution in [0.2, 0.25) is 5.04 Å². The van der Waals surface area contributed by atoms with Gasteiger partial charge in [-0.3, -0.25) is 4.79 Å². The number of Topliss-reactive ketones (excluding diaryl/α,β-unsaturated/α-hetero) is 1. The maximum absolute atomic E-state index is 14.1. The third-order valence-electron chi connectivity index (χ3n) is 8.42. The number of allylic oxidation sites excluding steroid dienone is 2. The molecule has 2 aliphatic rings. The third kappa shape index (κ3) is 5.40. The molecule has 0 radical (unpaired) electrons. The SMILES string of the molecule is C[C@@H]1C/C=C\Cc2cccc(O[Si](c3ccccc3)(c3ccccc3)C(C)(C)C)c2C(=O)C[C@@H]2C[C@@H]1O[C@H]2O. The molecule has 5 rings (SSSR count). The molecule has 0 unspecified atom stereocenters. The lowest BCUT2D eigenvalue weighted by molar-refractivity contribution is -0.117. The summed E-state index contributed by atoms with van der Waals surface area (Å²) in [5.74, 6) is 0.714. The highest BCUT2D eigenvalue weighted by Gasteiger charge is 2.52. The van der Waals surface area contributed by atoms with E-state index in [9.17, 15) is 9.90 Å². The van der Waals surface area contributed by atoms with Gasteiger partial charge in [0.05, 0.1) is 11.7 Å². The lowest BCUT2D eigenvalue weighted by Gasteiger charge is -2.43. The molecule has 204 valence electrons. The molecule has 1 saturated heterocycles. The molecule has 5 heteroatoms. The zero-order chi connectivity index (χ0) is 27.6. The Morgan fingerprint density at radius 2 is 1.54 bits per heavy atom. The third-order valence-corrected chi connectivity index (χ3v) is 13.3. The van der Waals surface area contributed by atoms with Gasteiger partial charge in [-0.15, -0.1) is 0 Å². The fourth-order valence-electron chi connectivity index (χ4n) is 6.29. The number of ketones is 1. The highest BCUT2D eigenvalue weighted by atomic mass is 28.4. The Morgan fingerprint density at radius 1 is 0.897 bits per heavy atom. The quantitative estimate of drug-likeness (QED) is 0.323. The van der Waals surface area contributed by atoms with Gasteiger partial charge in [0.2, 0.25) is 0 Å². The smallest absolute Gasteiger partial charge is 0.319 e. The zero-order valence-corrected chi connectivity index (χ0v) is 24.5. The van der Waals surface area contributed by atoms with Crippen molar-refractivity contribution in [1.29, 1.82) is 0 Å². The maximum Gasteiger partial charge on any atom is 0.319 e. The molecule has 2 bridgehead atoms. The average Bonchev–Trinajstić information content (AvgIpc) is 3.29. The maximum atomic E-state index is 14.1. The van der Waals surface area contributed by atoms with Gasteiger partial charge < -0.3 is 14.3 Å². The summed E-state index contributed by atoms with van der Waals surface area (Å²) in [6.07, 6.45) is 5.84. The van der Waals surface area contributed by atoms with E-state index in [1.54, 1.807) is 0 Å². The second-order valence-corrected chi connectivity index (χ2v) is 16.4. The van der Waals surface area contributed by atoms with Crippen molar-refractivity contribution in [3.8, 4) is 5.75 Å². The number of hydrogen-bond donors (Lipinski definition) is 1. The van der Waals surface area contributed by atoms with Crippen molar-refractivity contribution in [2.24, 2.45) is 11.8 Å². The number of carbonyl (C=O) groups excluding carboxylic acids is 1. The van der Waals surface area contributed by atoms with E-state index >= 15 is 0 Å². The second-order valence-electron chi connectivity index (χ2n) is 12.1. The Bertz CT molecular complexity index is 1270. The number of aliphatic hydroxyl groups is 1. The first-order valence-corrected chi connectivity index (χ1v) is 16.0. The van der Waals surface area contributed by atoms with Crippen molar-refractivity contribution in [3.63, 3.8) is 0 Å². The predicted molar refractivity (Wildman–Crippen MR) is 159 cm³/mol. The van der Waals surface area contributed by atoms with Crippen LogP contribution in [0.3, 0.4) is 0 Å². The van der Waals surface area contributed by atoms with Crippen LogP contribution in [-0.2, 0) is 11.2 Å². The number of hydrogen-bond acceptors (Lipinski definition) is 4. The van der Waals surface area contributed by atoms with Crippen LogP contribution in [-0.4, -0.2) is 31.6 Å². The number of aliphatic hydroxyl groups excluding tert-OH is 1. The highest BCUT2D eigenvalue weighted by molar-refractivity contribution is 7.00. The highest BCUT2D eigenvalue weighted by Crippen LogP contribution is 2.40. The Hall–Kier alpha value is -2.99. The van der Waals surface area contributed by atoms with E-state index in [-0.39, 0.29) is 29.3 Å². The lowest BCUT2D eigenvalue weighted by Crippen LogP contribution is -2.69. The van der Waals surface area contributed by atoms with Crippen LogP contribution in [0.25, 0.3) is 0 Å². The summed E-state index contributed by atoms with van der Waals surface area (Å²) in [7, 11) is -2.93. The summed E-state index contributed by atoms with van der Waals surface area (Å²) in [5.41, 5.74) is 1.60. The van der Waals surface area contributed by atoms with E-state index < -0.39 is 14.6 Å². The van der Waals surface area contributed by atoms with Gasteiger partial charge in [0.25, 0.3) is 0 Å². The summed E-state index contributed by atoms with van der Waals surface area (Å²) >= 11 is 0. The van der Waals surface area contributed by atoms with Crippen molar-refractivity contribution in [2.45, 2.75) is 70.8 Å². The molecule has 4 atom stereocenters. The Morgan fingerprint density at radius 3 is 2.15 bits per heavy atom.